The molecule has 1 heterocycles. The van der Waals surface area contributed by atoms with Crippen molar-refractivity contribution in [3.63, 3.8) is 0 Å². The molecular weight excluding hydrogens is 162 g/mol. The number of benzene rings is 1. The molecule has 0 aliphatic carbocycles. The average Bonchev–Trinajstić information content (AvgIpc) is 2.41. The first kappa shape index (κ1) is 7.88. The van der Waals surface area contributed by atoms with Crippen LogP contribution in [0.5, 0.6) is 5.75 Å². The topological polar surface area (TPSA) is 33.0 Å². The number of ether oxygens (including phenoxy) is 1. The van der Waals surface area contributed by atoms with Gasteiger partial charge in [0.1, 0.15) is 5.75 Å². The SMILES string of the molecule is N#Cc1ccc2c(c1)C=CCCO2. The molecule has 0 amide bonds. The molecular formula is C11H9NO. The molecule has 1 aromatic carbocycles. The molecule has 0 fully saturated rings. The van der Waals surface area contributed by atoms with E-state index in [4.69, 9.17) is 10.00 Å². The summed E-state index contributed by atoms with van der Waals surface area (Å²) < 4.78 is 5.48. The smallest absolute Gasteiger partial charge is 0.126 e. The van der Waals surface area contributed by atoms with Crippen molar-refractivity contribution in [1.82, 2.24) is 0 Å². The second-order valence-corrected chi connectivity index (χ2v) is 2.90. The van der Waals surface area contributed by atoms with Gasteiger partial charge in [-0.1, -0.05) is 12.2 Å². The Balaban J connectivity index is 2.48. The molecule has 64 valence electrons. The Hall–Kier alpha value is -1.75. The molecule has 0 radical (unpaired) electrons. The molecule has 1 aliphatic heterocycles. The Labute approximate surface area is 77.1 Å². The number of nitriles is 1. The molecule has 0 N–H and O–H groups in total. The van der Waals surface area contributed by atoms with E-state index in [0.29, 0.717) is 5.56 Å². The van der Waals surface area contributed by atoms with Crippen LogP contribution >= 0.6 is 0 Å². The van der Waals surface area contributed by atoms with Gasteiger partial charge in [0.25, 0.3) is 0 Å². The third-order valence-electron chi connectivity index (χ3n) is 1.98. The number of rotatable bonds is 0. The van der Waals surface area contributed by atoms with Gasteiger partial charge in [-0.2, -0.15) is 5.26 Å². The van der Waals surface area contributed by atoms with Gasteiger partial charge in [0.05, 0.1) is 18.2 Å². The molecule has 1 aromatic rings. The lowest BCUT2D eigenvalue weighted by Gasteiger charge is -2.05. The predicted octanol–water partition coefficient (Wildman–Crippen LogP) is 2.35. The van der Waals surface area contributed by atoms with Gasteiger partial charge in [-0.25, -0.2) is 0 Å². The van der Waals surface area contributed by atoms with Gasteiger partial charge in [0.15, 0.2) is 0 Å². The van der Waals surface area contributed by atoms with Gasteiger partial charge in [0.2, 0.25) is 0 Å². The van der Waals surface area contributed by atoms with Crippen LogP contribution in [0.3, 0.4) is 0 Å². The molecule has 13 heavy (non-hydrogen) atoms. The zero-order valence-electron chi connectivity index (χ0n) is 7.16. The van der Waals surface area contributed by atoms with E-state index in [9.17, 15) is 0 Å². The van der Waals surface area contributed by atoms with Crippen LogP contribution in [0, 0.1) is 11.3 Å². The largest absolute Gasteiger partial charge is 0.493 e. The van der Waals surface area contributed by atoms with Crippen molar-refractivity contribution in [1.29, 1.82) is 5.26 Å². The summed E-state index contributed by atoms with van der Waals surface area (Å²) in [6, 6.07) is 7.58. The van der Waals surface area contributed by atoms with E-state index in [1.165, 1.54) is 0 Å². The summed E-state index contributed by atoms with van der Waals surface area (Å²) in [4.78, 5) is 0. The van der Waals surface area contributed by atoms with E-state index in [1.807, 2.05) is 18.2 Å². The predicted molar refractivity (Wildman–Crippen MR) is 50.3 cm³/mol. The summed E-state index contributed by atoms with van der Waals surface area (Å²) in [7, 11) is 0. The fraction of sp³-hybridized carbons (Fsp3) is 0.182. The summed E-state index contributed by atoms with van der Waals surface area (Å²) in [6.45, 7) is 0.718. The average molecular weight is 171 g/mol. The first-order chi connectivity index (χ1) is 6.40. The van der Waals surface area contributed by atoms with Crippen LogP contribution in [0.15, 0.2) is 24.3 Å². The zero-order chi connectivity index (χ0) is 9.10. The molecule has 0 saturated heterocycles. The summed E-state index contributed by atoms with van der Waals surface area (Å²) in [5.74, 6) is 0.868. The third kappa shape index (κ3) is 1.54. The molecule has 0 spiro atoms. The maximum absolute atomic E-state index is 8.69. The second kappa shape index (κ2) is 3.32. The normalized spacial score (nSPS) is 13.8. The highest BCUT2D eigenvalue weighted by Gasteiger charge is 2.04. The van der Waals surface area contributed by atoms with Crippen LogP contribution < -0.4 is 4.74 Å². The van der Waals surface area contributed by atoms with Crippen LogP contribution in [0.2, 0.25) is 0 Å². The lowest BCUT2D eigenvalue weighted by molar-refractivity contribution is 0.326. The molecule has 1 aliphatic rings. The van der Waals surface area contributed by atoms with Gasteiger partial charge in [-0.3, -0.25) is 0 Å². The van der Waals surface area contributed by atoms with Crippen LogP contribution in [-0.2, 0) is 0 Å². The van der Waals surface area contributed by atoms with E-state index in [0.717, 1.165) is 24.3 Å². The van der Waals surface area contributed by atoms with E-state index < -0.39 is 0 Å². The third-order valence-corrected chi connectivity index (χ3v) is 1.98. The minimum Gasteiger partial charge on any atom is -0.493 e. The van der Waals surface area contributed by atoms with Crippen LogP contribution in [-0.4, -0.2) is 6.61 Å². The molecule has 0 aromatic heterocycles. The van der Waals surface area contributed by atoms with Crippen LogP contribution in [0.25, 0.3) is 6.08 Å². The fourth-order valence-electron chi connectivity index (χ4n) is 1.33. The maximum Gasteiger partial charge on any atom is 0.126 e. The number of hydrogen-bond acceptors (Lipinski definition) is 2. The maximum atomic E-state index is 8.69. The molecule has 2 nitrogen and oxygen atoms in total. The van der Waals surface area contributed by atoms with Gasteiger partial charge in [-0.15, -0.1) is 0 Å². The Morgan fingerprint density at radius 3 is 3.15 bits per heavy atom. The lowest BCUT2D eigenvalue weighted by atomic mass is 10.1. The van der Waals surface area contributed by atoms with E-state index in [2.05, 4.69) is 12.1 Å². The van der Waals surface area contributed by atoms with Crippen molar-refractivity contribution >= 4 is 6.08 Å². The van der Waals surface area contributed by atoms with Gasteiger partial charge < -0.3 is 4.74 Å². The second-order valence-electron chi connectivity index (χ2n) is 2.90. The Morgan fingerprint density at radius 2 is 2.31 bits per heavy atom. The molecule has 0 atom stereocenters. The summed E-state index contributed by atoms with van der Waals surface area (Å²) in [6.07, 6.45) is 4.99. The molecule has 2 heteroatoms. The van der Waals surface area contributed by atoms with Crippen molar-refractivity contribution in [2.75, 3.05) is 6.61 Å². The van der Waals surface area contributed by atoms with Crippen LogP contribution in [0.1, 0.15) is 17.5 Å². The minimum atomic E-state index is 0.675. The zero-order valence-corrected chi connectivity index (χ0v) is 7.16. The van der Waals surface area contributed by atoms with E-state index in [1.54, 1.807) is 6.07 Å². The first-order valence-corrected chi connectivity index (χ1v) is 4.23. The standard InChI is InChI=1S/C11H9NO/c12-8-9-4-5-11-10(7-9)3-1-2-6-13-11/h1,3-5,7H,2,6H2. The van der Waals surface area contributed by atoms with Crippen molar-refractivity contribution in [2.45, 2.75) is 6.42 Å². The highest BCUT2D eigenvalue weighted by Crippen LogP contribution is 2.23. The van der Waals surface area contributed by atoms with Gasteiger partial charge >= 0.3 is 0 Å². The number of hydrogen-bond donors (Lipinski definition) is 0. The Bertz CT molecular complexity index is 388. The Kier molecular flexibility index (Phi) is 2.01. The highest BCUT2D eigenvalue weighted by molar-refractivity contribution is 5.60. The monoisotopic (exact) mass is 171 g/mol. The van der Waals surface area contributed by atoms with Gasteiger partial charge in [0, 0.05) is 5.56 Å². The summed E-state index contributed by atoms with van der Waals surface area (Å²) in [5, 5.41) is 8.69. The quantitative estimate of drug-likeness (QED) is 0.600. The summed E-state index contributed by atoms with van der Waals surface area (Å²) >= 11 is 0. The van der Waals surface area contributed by atoms with Crippen molar-refractivity contribution < 1.29 is 4.74 Å². The van der Waals surface area contributed by atoms with E-state index in [-0.39, 0.29) is 0 Å². The number of nitrogens with zero attached hydrogens (tertiary/aromatic N) is 1. The van der Waals surface area contributed by atoms with Crippen LogP contribution in [0.4, 0.5) is 0 Å². The van der Waals surface area contributed by atoms with Gasteiger partial charge in [-0.05, 0) is 24.6 Å². The highest BCUT2D eigenvalue weighted by atomic mass is 16.5. The number of fused-ring (bicyclic) bond motifs is 1. The molecule has 2 rings (SSSR count). The van der Waals surface area contributed by atoms with Crippen molar-refractivity contribution in [2.24, 2.45) is 0 Å². The van der Waals surface area contributed by atoms with Crippen molar-refractivity contribution in [3.8, 4) is 11.8 Å². The minimum absolute atomic E-state index is 0.675. The molecule has 0 unspecified atom stereocenters. The fourth-order valence-corrected chi connectivity index (χ4v) is 1.33. The summed E-state index contributed by atoms with van der Waals surface area (Å²) in [5.41, 5.74) is 1.67. The molecule has 0 saturated carbocycles. The lowest BCUT2D eigenvalue weighted by Crippen LogP contribution is -1.94. The van der Waals surface area contributed by atoms with Crippen molar-refractivity contribution in [3.05, 3.63) is 35.4 Å². The molecule has 0 bridgehead atoms. The first-order valence-electron chi connectivity index (χ1n) is 4.23. The Morgan fingerprint density at radius 1 is 1.38 bits per heavy atom. The van der Waals surface area contributed by atoms with E-state index >= 15 is 0 Å².